The van der Waals surface area contributed by atoms with Gasteiger partial charge in [0.25, 0.3) is 0 Å². The van der Waals surface area contributed by atoms with Gasteiger partial charge in [-0.05, 0) is 12.3 Å². The third-order valence-corrected chi connectivity index (χ3v) is 4.82. The zero-order valence-corrected chi connectivity index (χ0v) is 11.1. The molecule has 8 heteroatoms. The molecule has 0 aliphatic carbocycles. The molecule has 0 atom stereocenters. The molecule has 1 aromatic heterocycles. The van der Waals surface area contributed by atoms with Gasteiger partial charge in [-0.2, -0.15) is 0 Å². The van der Waals surface area contributed by atoms with Gasteiger partial charge in [0.1, 0.15) is 11.6 Å². The number of hydrogen-bond donors (Lipinski definition) is 1. The molecule has 1 aromatic carbocycles. The van der Waals surface area contributed by atoms with E-state index in [1.165, 1.54) is 29.2 Å². The molecule has 1 heterocycles. The Hall–Kier alpha value is -0.860. The summed E-state index contributed by atoms with van der Waals surface area (Å²) in [5.74, 6) is -1.42. The van der Waals surface area contributed by atoms with Gasteiger partial charge in [0.05, 0.1) is 5.69 Å². The monoisotopic (exact) mass is 291 g/mol. The van der Waals surface area contributed by atoms with Crippen LogP contribution in [0, 0.1) is 11.6 Å². The summed E-state index contributed by atoms with van der Waals surface area (Å²) in [6, 6.07) is 1.94. The second-order valence-corrected chi connectivity index (χ2v) is 6.26. The van der Waals surface area contributed by atoms with Crippen LogP contribution in [0.1, 0.15) is 0 Å². The Morgan fingerprint density at radius 1 is 1.24 bits per heavy atom. The van der Waals surface area contributed by atoms with Crippen molar-refractivity contribution in [3.05, 3.63) is 23.8 Å². The SMILES string of the molecule is CSc1nnc(Sc2cc(F)cc(F)c2N)s1. The van der Waals surface area contributed by atoms with E-state index in [2.05, 4.69) is 10.2 Å². The average Bonchev–Trinajstić information content (AvgIpc) is 2.73. The van der Waals surface area contributed by atoms with Crippen molar-refractivity contribution in [2.45, 2.75) is 13.6 Å². The van der Waals surface area contributed by atoms with Crippen molar-refractivity contribution in [1.29, 1.82) is 0 Å². The van der Waals surface area contributed by atoms with Gasteiger partial charge in [-0.3, -0.25) is 0 Å². The van der Waals surface area contributed by atoms with Crippen molar-refractivity contribution in [3.8, 4) is 0 Å². The van der Waals surface area contributed by atoms with Crippen LogP contribution >= 0.6 is 34.9 Å². The lowest BCUT2D eigenvalue weighted by atomic mass is 10.3. The molecule has 90 valence electrons. The molecule has 17 heavy (non-hydrogen) atoms. The largest absolute Gasteiger partial charge is 0.395 e. The zero-order chi connectivity index (χ0) is 12.4. The Morgan fingerprint density at radius 3 is 2.59 bits per heavy atom. The van der Waals surface area contributed by atoms with Gasteiger partial charge in [-0.15, -0.1) is 10.2 Å². The summed E-state index contributed by atoms with van der Waals surface area (Å²) in [6.07, 6.45) is 1.88. The molecule has 0 amide bonds. The van der Waals surface area contributed by atoms with E-state index in [0.717, 1.165) is 22.2 Å². The highest BCUT2D eigenvalue weighted by molar-refractivity contribution is 8.03. The maximum Gasteiger partial charge on any atom is 0.179 e. The van der Waals surface area contributed by atoms with Crippen LogP contribution < -0.4 is 5.73 Å². The Morgan fingerprint density at radius 2 is 1.94 bits per heavy atom. The van der Waals surface area contributed by atoms with Crippen LogP contribution in [-0.2, 0) is 0 Å². The fourth-order valence-corrected chi connectivity index (χ4v) is 3.55. The van der Waals surface area contributed by atoms with Crippen LogP contribution in [0.2, 0.25) is 0 Å². The molecule has 0 radical (unpaired) electrons. The van der Waals surface area contributed by atoms with E-state index >= 15 is 0 Å². The molecule has 2 aromatic rings. The smallest absolute Gasteiger partial charge is 0.179 e. The second kappa shape index (κ2) is 5.19. The first-order valence-corrected chi connectivity index (χ1v) is 7.26. The average molecular weight is 291 g/mol. The van der Waals surface area contributed by atoms with Gasteiger partial charge in [0, 0.05) is 11.0 Å². The number of benzene rings is 1. The van der Waals surface area contributed by atoms with Crippen molar-refractivity contribution < 1.29 is 8.78 Å². The highest BCUT2D eigenvalue weighted by atomic mass is 32.2. The van der Waals surface area contributed by atoms with E-state index in [-0.39, 0.29) is 5.69 Å². The molecule has 0 saturated heterocycles. The van der Waals surface area contributed by atoms with E-state index in [1.807, 2.05) is 6.26 Å². The fourth-order valence-electron chi connectivity index (χ4n) is 1.06. The maximum absolute atomic E-state index is 13.2. The number of nitrogens with two attached hydrogens (primary N) is 1. The van der Waals surface area contributed by atoms with E-state index < -0.39 is 11.6 Å². The highest BCUT2D eigenvalue weighted by Gasteiger charge is 2.12. The Kier molecular flexibility index (Phi) is 3.85. The number of rotatable bonds is 3. The highest BCUT2D eigenvalue weighted by Crippen LogP contribution is 2.36. The molecule has 0 aliphatic rings. The second-order valence-electron chi connectivity index (χ2n) is 2.94. The summed E-state index contributed by atoms with van der Waals surface area (Å²) in [6.45, 7) is 0. The quantitative estimate of drug-likeness (QED) is 0.695. The van der Waals surface area contributed by atoms with Crippen molar-refractivity contribution in [2.24, 2.45) is 0 Å². The van der Waals surface area contributed by atoms with E-state index in [9.17, 15) is 8.78 Å². The van der Waals surface area contributed by atoms with Crippen LogP contribution in [0.15, 0.2) is 25.7 Å². The van der Waals surface area contributed by atoms with Gasteiger partial charge in [0.15, 0.2) is 8.68 Å². The molecule has 3 nitrogen and oxygen atoms in total. The third kappa shape index (κ3) is 2.88. The summed E-state index contributed by atoms with van der Waals surface area (Å²) in [5.41, 5.74) is 5.46. The molecule has 0 spiro atoms. The van der Waals surface area contributed by atoms with Gasteiger partial charge in [-0.1, -0.05) is 34.9 Å². The summed E-state index contributed by atoms with van der Waals surface area (Å²) in [7, 11) is 0. The van der Waals surface area contributed by atoms with Crippen LogP contribution in [0.25, 0.3) is 0 Å². The summed E-state index contributed by atoms with van der Waals surface area (Å²) >= 11 is 3.92. The van der Waals surface area contributed by atoms with Crippen LogP contribution in [0.5, 0.6) is 0 Å². The van der Waals surface area contributed by atoms with E-state index in [0.29, 0.717) is 9.24 Å². The minimum atomic E-state index is -0.762. The minimum absolute atomic E-state index is 0.0719. The number of halogens is 2. The Balaban J connectivity index is 2.29. The molecular formula is C9H7F2N3S3. The number of hydrogen-bond acceptors (Lipinski definition) is 6. The van der Waals surface area contributed by atoms with Crippen LogP contribution in [-0.4, -0.2) is 16.5 Å². The summed E-state index contributed by atoms with van der Waals surface area (Å²) < 4.78 is 27.6. The van der Waals surface area contributed by atoms with Crippen LogP contribution in [0.3, 0.4) is 0 Å². The van der Waals surface area contributed by atoms with Crippen molar-refractivity contribution in [3.63, 3.8) is 0 Å². The van der Waals surface area contributed by atoms with Gasteiger partial charge in [-0.25, -0.2) is 8.78 Å². The normalized spacial score (nSPS) is 10.8. The molecule has 2 N–H and O–H groups in total. The number of nitrogen functional groups attached to an aromatic ring is 1. The maximum atomic E-state index is 13.2. The standard InChI is InChI=1S/C9H7F2N3S3/c1-15-8-13-14-9(17-8)16-6-3-4(10)2-5(11)7(6)12/h2-3H,12H2,1H3. The van der Waals surface area contributed by atoms with Crippen molar-refractivity contribution in [2.75, 3.05) is 12.0 Å². The van der Waals surface area contributed by atoms with Gasteiger partial charge < -0.3 is 5.73 Å². The number of aromatic nitrogens is 2. The van der Waals surface area contributed by atoms with Crippen molar-refractivity contribution >= 4 is 40.5 Å². The van der Waals surface area contributed by atoms with E-state index in [1.54, 1.807) is 0 Å². The molecule has 0 fully saturated rings. The molecule has 0 bridgehead atoms. The van der Waals surface area contributed by atoms with E-state index in [4.69, 9.17) is 5.73 Å². The van der Waals surface area contributed by atoms with Crippen molar-refractivity contribution in [1.82, 2.24) is 10.2 Å². The Labute approximate surface area is 109 Å². The predicted octanol–water partition coefficient (Wildman–Crippen LogP) is 3.27. The third-order valence-electron chi connectivity index (χ3n) is 1.82. The molecule has 0 saturated carbocycles. The number of nitrogens with zero attached hydrogens (tertiary/aromatic N) is 2. The minimum Gasteiger partial charge on any atom is -0.395 e. The molecular weight excluding hydrogens is 284 g/mol. The molecule has 2 rings (SSSR count). The zero-order valence-electron chi connectivity index (χ0n) is 8.61. The first-order valence-electron chi connectivity index (χ1n) is 4.40. The lowest BCUT2D eigenvalue weighted by molar-refractivity contribution is 0.581. The predicted molar refractivity (Wildman–Crippen MR) is 66.6 cm³/mol. The number of thioether (sulfide) groups is 1. The lowest BCUT2D eigenvalue weighted by Crippen LogP contribution is -1.94. The summed E-state index contributed by atoms with van der Waals surface area (Å²) in [4.78, 5) is 0.311. The van der Waals surface area contributed by atoms with Crippen LogP contribution in [0.4, 0.5) is 14.5 Å². The topological polar surface area (TPSA) is 51.8 Å². The summed E-state index contributed by atoms with van der Waals surface area (Å²) in [5, 5.41) is 7.78. The van der Waals surface area contributed by atoms with Gasteiger partial charge in [0.2, 0.25) is 0 Å². The molecule has 0 unspecified atom stereocenters. The Bertz CT molecular complexity index is 544. The fraction of sp³-hybridized carbons (Fsp3) is 0.111. The molecule has 0 aliphatic heterocycles. The van der Waals surface area contributed by atoms with Gasteiger partial charge >= 0.3 is 0 Å². The first kappa shape index (κ1) is 12.6. The first-order chi connectivity index (χ1) is 8.10. The lowest BCUT2D eigenvalue weighted by Gasteiger charge is -2.03. The number of anilines is 1.